The van der Waals surface area contributed by atoms with E-state index >= 15 is 0 Å². The summed E-state index contributed by atoms with van der Waals surface area (Å²) in [7, 11) is 0. The maximum atomic E-state index is 12.4. The summed E-state index contributed by atoms with van der Waals surface area (Å²) in [6.07, 6.45) is -4.32. The number of halogens is 3. The second-order valence-corrected chi connectivity index (χ2v) is 4.22. The Labute approximate surface area is 107 Å². The fourth-order valence-electron chi connectivity index (χ4n) is 1.56. The van der Waals surface area contributed by atoms with Crippen LogP contribution in [0.2, 0.25) is 0 Å². The van der Waals surface area contributed by atoms with Gasteiger partial charge in [0.15, 0.2) is 4.77 Å². The molecule has 1 N–H and O–H groups in total. The molecule has 6 heteroatoms. The van der Waals surface area contributed by atoms with Crippen molar-refractivity contribution < 1.29 is 13.2 Å². The van der Waals surface area contributed by atoms with Crippen molar-refractivity contribution in [2.75, 3.05) is 0 Å². The molecular weight excluding hydrogens is 261 g/mol. The minimum absolute atomic E-state index is 0.310. The van der Waals surface area contributed by atoms with Crippen LogP contribution in [0.4, 0.5) is 13.2 Å². The topological polar surface area (TPSA) is 28.7 Å². The van der Waals surface area contributed by atoms with Gasteiger partial charge in [-0.25, -0.2) is 4.98 Å². The number of nitrogens with zero attached hydrogens (tertiary/aromatic N) is 1. The van der Waals surface area contributed by atoms with Crippen molar-refractivity contribution in [3.8, 4) is 11.3 Å². The Kier molecular flexibility index (Phi) is 3.21. The van der Waals surface area contributed by atoms with Crippen molar-refractivity contribution in [3.05, 3.63) is 46.4 Å². The van der Waals surface area contributed by atoms with Crippen LogP contribution in [0, 0.1) is 11.7 Å². The molecule has 0 atom stereocenters. The van der Waals surface area contributed by atoms with Gasteiger partial charge >= 0.3 is 6.18 Å². The quantitative estimate of drug-likeness (QED) is 0.789. The summed E-state index contributed by atoms with van der Waals surface area (Å²) in [5.74, 6) is 0. The zero-order chi connectivity index (χ0) is 13.3. The molecule has 2 aromatic rings. The highest BCUT2D eigenvalue weighted by molar-refractivity contribution is 7.71. The molecule has 0 aliphatic rings. The summed E-state index contributed by atoms with van der Waals surface area (Å²) in [5.41, 5.74) is 1.30. The Bertz CT molecular complexity index is 614. The van der Waals surface area contributed by atoms with E-state index in [9.17, 15) is 13.2 Å². The second-order valence-electron chi connectivity index (χ2n) is 3.83. The highest BCUT2D eigenvalue weighted by atomic mass is 32.1. The number of hydrogen-bond donors (Lipinski definition) is 1. The molecule has 0 unspecified atom stereocenters. The SMILES string of the molecule is Cc1cc(-c2ccc(C(F)(F)F)cc2)nc(=S)[nH]1. The summed E-state index contributed by atoms with van der Waals surface area (Å²) in [5, 5.41) is 0. The molecule has 94 valence electrons. The number of nitrogens with one attached hydrogen (secondary N) is 1. The van der Waals surface area contributed by atoms with E-state index in [1.807, 2.05) is 6.92 Å². The van der Waals surface area contributed by atoms with Gasteiger partial charge in [0.2, 0.25) is 0 Å². The first-order valence-corrected chi connectivity index (χ1v) is 5.53. The third kappa shape index (κ3) is 2.76. The van der Waals surface area contributed by atoms with Crippen LogP contribution in [0.25, 0.3) is 11.3 Å². The second kappa shape index (κ2) is 4.53. The number of benzene rings is 1. The number of aromatic nitrogens is 2. The van der Waals surface area contributed by atoms with Crippen molar-refractivity contribution in [2.45, 2.75) is 13.1 Å². The minimum Gasteiger partial charge on any atom is -0.335 e. The fraction of sp³-hybridized carbons (Fsp3) is 0.167. The highest BCUT2D eigenvalue weighted by Gasteiger charge is 2.29. The molecular formula is C12H9F3N2S. The number of aryl methyl sites for hydroxylation is 1. The van der Waals surface area contributed by atoms with Crippen molar-refractivity contribution in [1.29, 1.82) is 0 Å². The highest BCUT2D eigenvalue weighted by Crippen LogP contribution is 2.30. The summed E-state index contributed by atoms with van der Waals surface area (Å²) in [4.78, 5) is 6.91. The van der Waals surface area contributed by atoms with E-state index in [1.165, 1.54) is 12.1 Å². The van der Waals surface area contributed by atoms with Gasteiger partial charge < -0.3 is 4.98 Å². The molecule has 0 spiro atoms. The zero-order valence-electron chi connectivity index (χ0n) is 9.38. The molecule has 2 nitrogen and oxygen atoms in total. The van der Waals surface area contributed by atoms with Crippen molar-refractivity contribution in [2.24, 2.45) is 0 Å². The van der Waals surface area contributed by atoms with Crippen LogP contribution < -0.4 is 0 Å². The van der Waals surface area contributed by atoms with Crippen molar-refractivity contribution >= 4 is 12.2 Å². The van der Waals surface area contributed by atoms with E-state index in [0.717, 1.165) is 17.8 Å². The fourth-order valence-corrected chi connectivity index (χ4v) is 1.82. The lowest BCUT2D eigenvalue weighted by molar-refractivity contribution is -0.137. The lowest BCUT2D eigenvalue weighted by Crippen LogP contribution is -2.04. The molecule has 0 aliphatic carbocycles. The summed E-state index contributed by atoms with van der Waals surface area (Å²) >= 11 is 4.93. The Morgan fingerprint density at radius 1 is 1.17 bits per heavy atom. The van der Waals surface area contributed by atoms with Gasteiger partial charge in [0.05, 0.1) is 11.3 Å². The van der Waals surface area contributed by atoms with E-state index in [2.05, 4.69) is 9.97 Å². The first-order valence-electron chi connectivity index (χ1n) is 5.12. The van der Waals surface area contributed by atoms with E-state index in [-0.39, 0.29) is 0 Å². The number of aromatic amines is 1. The van der Waals surface area contributed by atoms with Crippen LogP contribution in [0.1, 0.15) is 11.3 Å². The first-order chi connectivity index (χ1) is 8.36. The molecule has 0 saturated carbocycles. The lowest BCUT2D eigenvalue weighted by Gasteiger charge is -2.07. The van der Waals surface area contributed by atoms with Crippen LogP contribution in [-0.4, -0.2) is 9.97 Å². The Balaban J connectivity index is 2.43. The monoisotopic (exact) mass is 270 g/mol. The van der Waals surface area contributed by atoms with E-state index in [0.29, 0.717) is 16.0 Å². The molecule has 1 heterocycles. The molecule has 0 amide bonds. The average Bonchev–Trinajstić information content (AvgIpc) is 2.27. The largest absolute Gasteiger partial charge is 0.416 e. The van der Waals surface area contributed by atoms with Crippen LogP contribution in [0.3, 0.4) is 0 Å². The van der Waals surface area contributed by atoms with Gasteiger partial charge in [-0.1, -0.05) is 12.1 Å². The summed E-state index contributed by atoms with van der Waals surface area (Å²) in [6.45, 7) is 1.81. The van der Waals surface area contributed by atoms with Crippen LogP contribution in [-0.2, 0) is 6.18 Å². The smallest absolute Gasteiger partial charge is 0.335 e. The number of hydrogen-bond acceptors (Lipinski definition) is 2. The standard InChI is InChI=1S/C12H9F3N2S/c1-7-6-10(17-11(18)16-7)8-2-4-9(5-3-8)12(13,14)15/h2-6H,1H3,(H,16,17,18). The summed E-state index contributed by atoms with van der Waals surface area (Å²) in [6, 6.07) is 6.58. The molecule has 0 bridgehead atoms. The van der Waals surface area contributed by atoms with Gasteiger partial charge in [-0.15, -0.1) is 0 Å². The minimum atomic E-state index is -4.32. The molecule has 1 aromatic carbocycles. The third-order valence-corrected chi connectivity index (χ3v) is 2.58. The molecule has 2 rings (SSSR count). The van der Waals surface area contributed by atoms with Gasteiger partial charge in [-0.2, -0.15) is 13.2 Å². The maximum Gasteiger partial charge on any atom is 0.416 e. The predicted molar refractivity (Wildman–Crippen MR) is 64.6 cm³/mol. The van der Waals surface area contributed by atoms with Crippen molar-refractivity contribution in [1.82, 2.24) is 9.97 Å². The number of rotatable bonds is 1. The Morgan fingerprint density at radius 3 is 2.28 bits per heavy atom. The van der Waals surface area contributed by atoms with Gasteiger partial charge in [0.25, 0.3) is 0 Å². The van der Waals surface area contributed by atoms with Crippen molar-refractivity contribution in [3.63, 3.8) is 0 Å². The molecule has 0 fully saturated rings. The van der Waals surface area contributed by atoms with Gasteiger partial charge in [0, 0.05) is 11.3 Å². The molecule has 0 radical (unpaired) electrons. The Morgan fingerprint density at radius 2 is 1.78 bits per heavy atom. The first kappa shape index (κ1) is 12.8. The van der Waals surface area contributed by atoms with Gasteiger partial charge in [-0.05, 0) is 37.3 Å². The molecule has 0 aliphatic heterocycles. The number of alkyl halides is 3. The van der Waals surface area contributed by atoms with E-state index in [4.69, 9.17) is 12.2 Å². The van der Waals surface area contributed by atoms with Crippen LogP contribution in [0.15, 0.2) is 30.3 Å². The maximum absolute atomic E-state index is 12.4. The van der Waals surface area contributed by atoms with Crippen LogP contribution in [0.5, 0.6) is 0 Å². The summed E-state index contributed by atoms with van der Waals surface area (Å²) < 4.78 is 37.5. The van der Waals surface area contributed by atoms with Crippen LogP contribution >= 0.6 is 12.2 Å². The zero-order valence-corrected chi connectivity index (χ0v) is 10.2. The average molecular weight is 270 g/mol. The van der Waals surface area contributed by atoms with E-state index < -0.39 is 11.7 Å². The number of H-pyrrole nitrogens is 1. The molecule has 18 heavy (non-hydrogen) atoms. The predicted octanol–water partition coefficient (Wildman–Crippen LogP) is 4.13. The normalized spacial score (nSPS) is 11.6. The molecule has 0 saturated heterocycles. The lowest BCUT2D eigenvalue weighted by atomic mass is 10.1. The molecule has 1 aromatic heterocycles. The Hall–Kier alpha value is -1.69. The van der Waals surface area contributed by atoms with E-state index in [1.54, 1.807) is 6.07 Å². The third-order valence-electron chi connectivity index (χ3n) is 2.39. The van der Waals surface area contributed by atoms with Gasteiger partial charge in [0.1, 0.15) is 0 Å². The van der Waals surface area contributed by atoms with Gasteiger partial charge in [-0.3, -0.25) is 0 Å².